The van der Waals surface area contributed by atoms with Gasteiger partial charge < -0.3 is 4.74 Å². The Kier molecular flexibility index (Phi) is 5.01. The number of ether oxygens (including phenoxy) is 1. The van der Waals surface area contributed by atoms with Gasteiger partial charge in [-0.05, 0) is 24.6 Å². The molecule has 0 aliphatic carbocycles. The Bertz CT molecular complexity index is 498. The SMILES string of the molecule is CC(OCc1ccc(Cl)cc1)c1nc(CCl)cs1. The van der Waals surface area contributed by atoms with Gasteiger partial charge in [-0.15, -0.1) is 22.9 Å². The van der Waals surface area contributed by atoms with Gasteiger partial charge in [0.2, 0.25) is 0 Å². The van der Waals surface area contributed by atoms with Crippen molar-refractivity contribution in [3.8, 4) is 0 Å². The van der Waals surface area contributed by atoms with Crippen LogP contribution in [0.25, 0.3) is 0 Å². The van der Waals surface area contributed by atoms with Crippen LogP contribution in [0.15, 0.2) is 29.6 Å². The van der Waals surface area contributed by atoms with E-state index in [0.29, 0.717) is 12.5 Å². The first-order chi connectivity index (χ1) is 8.69. The van der Waals surface area contributed by atoms with E-state index in [2.05, 4.69) is 4.98 Å². The summed E-state index contributed by atoms with van der Waals surface area (Å²) in [4.78, 5) is 4.40. The Morgan fingerprint density at radius 3 is 2.67 bits per heavy atom. The topological polar surface area (TPSA) is 22.1 Å². The van der Waals surface area contributed by atoms with Gasteiger partial charge in [-0.25, -0.2) is 4.98 Å². The zero-order chi connectivity index (χ0) is 13.0. The minimum absolute atomic E-state index is 0.0253. The van der Waals surface area contributed by atoms with Crippen molar-refractivity contribution in [3.63, 3.8) is 0 Å². The van der Waals surface area contributed by atoms with E-state index in [-0.39, 0.29) is 6.10 Å². The van der Waals surface area contributed by atoms with Crippen LogP contribution in [0.2, 0.25) is 5.02 Å². The zero-order valence-electron chi connectivity index (χ0n) is 9.90. The van der Waals surface area contributed by atoms with Crippen molar-refractivity contribution in [1.82, 2.24) is 4.98 Å². The molecule has 0 N–H and O–H groups in total. The van der Waals surface area contributed by atoms with E-state index in [1.54, 1.807) is 11.3 Å². The maximum atomic E-state index is 5.83. The number of rotatable bonds is 5. The van der Waals surface area contributed by atoms with Crippen molar-refractivity contribution in [2.24, 2.45) is 0 Å². The fourth-order valence-corrected chi connectivity index (χ4v) is 2.62. The van der Waals surface area contributed by atoms with Crippen LogP contribution in [0.5, 0.6) is 0 Å². The average molecular weight is 302 g/mol. The summed E-state index contributed by atoms with van der Waals surface area (Å²) in [5, 5.41) is 3.66. The van der Waals surface area contributed by atoms with Crippen LogP contribution in [0.4, 0.5) is 0 Å². The van der Waals surface area contributed by atoms with Crippen LogP contribution in [-0.2, 0) is 17.2 Å². The van der Waals surface area contributed by atoms with Crippen LogP contribution < -0.4 is 0 Å². The number of thiazole rings is 1. The van der Waals surface area contributed by atoms with Crippen LogP contribution in [0.1, 0.15) is 29.3 Å². The number of hydrogen-bond acceptors (Lipinski definition) is 3. The molecule has 0 aliphatic rings. The third kappa shape index (κ3) is 3.69. The van der Waals surface area contributed by atoms with Crippen molar-refractivity contribution in [3.05, 3.63) is 50.9 Å². The number of benzene rings is 1. The molecule has 0 radical (unpaired) electrons. The summed E-state index contributed by atoms with van der Waals surface area (Å²) in [6.07, 6.45) is -0.0253. The highest BCUT2D eigenvalue weighted by Crippen LogP contribution is 2.23. The molecule has 0 amide bonds. The second kappa shape index (κ2) is 6.53. The van der Waals surface area contributed by atoms with Gasteiger partial charge in [-0.2, -0.15) is 0 Å². The van der Waals surface area contributed by atoms with Crippen molar-refractivity contribution < 1.29 is 4.74 Å². The van der Waals surface area contributed by atoms with E-state index in [4.69, 9.17) is 27.9 Å². The quantitative estimate of drug-likeness (QED) is 0.739. The lowest BCUT2D eigenvalue weighted by atomic mass is 10.2. The minimum atomic E-state index is -0.0253. The Labute approximate surface area is 121 Å². The minimum Gasteiger partial charge on any atom is -0.367 e. The molecule has 5 heteroatoms. The van der Waals surface area contributed by atoms with E-state index in [1.165, 1.54) is 0 Å². The monoisotopic (exact) mass is 301 g/mol. The molecule has 0 fully saturated rings. The molecule has 18 heavy (non-hydrogen) atoms. The van der Waals surface area contributed by atoms with Crippen LogP contribution in [0.3, 0.4) is 0 Å². The van der Waals surface area contributed by atoms with Crippen LogP contribution in [-0.4, -0.2) is 4.98 Å². The Hall–Kier alpha value is -0.610. The molecule has 2 aromatic rings. The van der Waals surface area contributed by atoms with E-state index in [1.807, 2.05) is 36.6 Å². The third-order valence-electron chi connectivity index (χ3n) is 2.47. The van der Waals surface area contributed by atoms with Gasteiger partial charge in [-0.3, -0.25) is 0 Å². The Morgan fingerprint density at radius 1 is 1.33 bits per heavy atom. The van der Waals surface area contributed by atoms with Crippen molar-refractivity contribution in [1.29, 1.82) is 0 Å². The van der Waals surface area contributed by atoms with Gasteiger partial charge in [0.15, 0.2) is 0 Å². The first kappa shape index (κ1) is 13.8. The predicted molar refractivity (Wildman–Crippen MR) is 76.3 cm³/mol. The molecule has 0 saturated carbocycles. The van der Waals surface area contributed by atoms with E-state index in [9.17, 15) is 0 Å². The van der Waals surface area contributed by atoms with Crippen molar-refractivity contribution in [2.45, 2.75) is 25.5 Å². The summed E-state index contributed by atoms with van der Waals surface area (Å²) < 4.78 is 5.77. The molecule has 0 spiro atoms. The molecule has 2 nitrogen and oxygen atoms in total. The first-order valence-electron chi connectivity index (χ1n) is 5.55. The maximum Gasteiger partial charge on any atom is 0.122 e. The fraction of sp³-hybridized carbons (Fsp3) is 0.308. The normalized spacial score (nSPS) is 12.6. The standard InChI is InChI=1S/C13H13Cl2NOS/c1-9(13-16-12(6-14)8-18-13)17-7-10-2-4-11(15)5-3-10/h2-5,8-9H,6-7H2,1H3. The molecule has 1 aromatic heterocycles. The van der Waals surface area contributed by atoms with Gasteiger partial charge >= 0.3 is 0 Å². The molecule has 1 unspecified atom stereocenters. The second-order valence-corrected chi connectivity index (χ2v) is 5.48. The predicted octanol–water partition coefficient (Wildman–Crippen LogP) is 4.81. The molecule has 2 rings (SSSR count). The van der Waals surface area contributed by atoms with E-state index < -0.39 is 0 Å². The number of aromatic nitrogens is 1. The highest BCUT2D eigenvalue weighted by molar-refractivity contribution is 7.09. The van der Waals surface area contributed by atoms with Gasteiger partial charge in [0.1, 0.15) is 11.1 Å². The summed E-state index contributed by atoms with van der Waals surface area (Å²) in [6, 6.07) is 7.64. The largest absolute Gasteiger partial charge is 0.367 e. The highest BCUT2D eigenvalue weighted by Gasteiger charge is 2.10. The van der Waals surface area contributed by atoms with Gasteiger partial charge in [0.25, 0.3) is 0 Å². The molecule has 0 aliphatic heterocycles. The molecule has 1 atom stereocenters. The maximum absolute atomic E-state index is 5.83. The average Bonchev–Trinajstić information content (AvgIpc) is 2.86. The smallest absolute Gasteiger partial charge is 0.122 e. The molecule has 1 aromatic carbocycles. The molecule has 1 heterocycles. The first-order valence-corrected chi connectivity index (χ1v) is 7.34. The van der Waals surface area contributed by atoms with Gasteiger partial charge in [0, 0.05) is 10.4 Å². The zero-order valence-corrected chi connectivity index (χ0v) is 12.2. The van der Waals surface area contributed by atoms with E-state index in [0.717, 1.165) is 21.3 Å². The van der Waals surface area contributed by atoms with Crippen LogP contribution in [0, 0.1) is 0 Å². The van der Waals surface area contributed by atoms with Gasteiger partial charge in [-0.1, -0.05) is 23.7 Å². The number of hydrogen-bond donors (Lipinski definition) is 0. The Balaban J connectivity index is 1.91. The molecule has 96 valence electrons. The molecule has 0 saturated heterocycles. The third-order valence-corrected chi connectivity index (χ3v) is 4.05. The van der Waals surface area contributed by atoms with Gasteiger partial charge in [0.05, 0.1) is 18.2 Å². The van der Waals surface area contributed by atoms with Crippen molar-refractivity contribution in [2.75, 3.05) is 0 Å². The van der Waals surface area contributed by atoms with Crippen molar-refractivity contribution >= 4 is 34.5 Å². The fourth-order valence-electron chi connectivity index (χ4n) is 1.44. The summed E-state index contributed by atoms with van der Waals surface area (Å²) in [5.74, 6) is 0.445. The number of halogens is 2. The summed E-state index contributed by atoms with van der Waals surface area (Å²) in [6.45, 7) is 2.54. The summed E-state index contributed by atoms with van der Waals surface area (Å²) in [5.41, 5.74) is 2.00. The highest BCUT2D eigenvalue weighted by atomic mass is 35.5. The number of alkyl halides is 1. The van der Waals surface area contributed by atoms with Crippen LogP contribution >= 0.6 is 34.5 Å². The molecule has 0 bridgehead atoms. The summed E-state index contributed by atoms with van der Waals surface area (Å²) >= 11 is 13.1. The molecular formula is C13H13Cl2NOS. The lowest BCUT2D eigenvalue weighted by molar-refractivity contribution is 0.0523. The molecular weight excluding hydrogens is 289 g/mol. The summed E-state index contributed by atoms with van der Waals surface area (Å²) in [7, 11) is 0. The van der Waals surface area contributed by atoms with E-state index >= 15 is 0 Å². The lowest BCUT2D eigenvalue weighted by Gasteiger charge is -2.10. The number of nitrogens with zero attached hydrogens (tertiary/aromatic N) is 1. The Morgan fingerprint density at radius 2 is 2.06 bits per heavy atom. The lowest BCUT2D eigenvalue weighted by Crippen LogP contribution is -2.00. The second-order valence-electron chi connectivity index (χ2n) is 3.89.